The molecule has 0 saturated carbocycles. The maximum Gasteiger partial charge on any atom is 0.261 e. The van der Waals surface area contributed by atoms with Gasteiger partial charge in [-0.15, -0.1) is 0 Å². The molecule has 1 heterocycles. The minimum atomic E-state index is 0.0304. The fraction of sp³-hybridized carbons (Fsp3) is 1.00. The summed E-state index contributed by atoms with van der Waals surface area (Å²) >= 11 is 0. The highest BCUT2D eigenvalue weighted by Gasteiger charge is 2.17. The lowest BCUT2D eigenvalue weighted by Crippen LogP contribution is -2.39. The molecule has 1 fully saturated rings. The van der Waals surface area contributed by atoms with Crippen LogP contribution in [0.3, 0.4) is 0 Å². The number of unbranched alkanes of at least 4 members (excludes halogenated alkanes) is 1. The van der Waals surface area contributed by atoms with Crippen molar-refractivity contribution in [2.75, 3.05) is 13.1 Å². The zero-order valence-electron chi connectivity index (χ0n) is 8.33. The van der Waals surface area contributed by atoms with Gasteiger partial charge < -0.3 is 0 Å². The molecule has 76 valence electrons. The van der Waals surface area contributed by atoms with E-state index >= 15 is 0 Å². The Hall–Kier alpha value is 0.0200. The summed E-state index contributed by atoms with van der Waals surface area (Å²) in [5.74, 6) is 0.904. The van der Waals surface area contributed by atoms with Crippen molar-refractivity contribution < 1.29 is 4.57 Å². The van der Waals surface area contributed by atoms with Gasteiger partial charge in [-0.2, -0.15) is 5.20 Å². The highest BCUT2D eigenvalue weighted by Crippen LogP contribution is 2.21. The third-order valence-corrected chi connectivity index (χ3v) is 3.13. The van der Waals surface area contributed by atoms with Crippen LogP contribution in [0.2, 0.25) is 0 Å². The normalized spacial score (nSPS) is 21.0. The van der Waals surface area contributed by atoms with Crippen LogP contribution in [-0.2, 0) is 4.57 Å². The molecule has 0 spiro atoms. The summed E-state index contributed by atoms with van der Waals surface area (Å²) in [5.41, 5.74) is 0. The Morgan fingerprint density at radius 3 is 2.69 bits per heavy atom. The van der Waals surface area contributed by atoms with Crippen molar-refractivity contribution in [3.63, 3.8) is 0 Å². The van der Waals surface area contributed by atoms with Gasteiger partial charge in [0.15, 0.2) is 0 Å². The molecular formula is C9H19N2OP. The molecule has 0 atom stereocenters. The molecule has 1 N–H and O–H groups in total. The molecule has 0 amide bonds. The van der Waals surface area contributed by atoms with Crippen LogP contribution in [-0.4, -0.2) is 18.1 Å². The van der Waals surface area contributed by atoms with Crippen LogP contribution in [0.15, 0.2) is 0 Å². The average Bonchev–Trinajstić information content (AvgIpc) is 2.17. The monoisotopic (exact) mass is 202 g/mol. The average molecular weight is 202 g/mol. The molecule has 1 saturated heterocycles. The van der Waals surface area contributed by atoms with Gasteiger partial charge in [-0.3, -0.25) is 4.57 Å². The van der Waals surface area contributed by atoms with Gasteiger partial charge in [0.25, 0.3) is 8.61 Å². The fourth-order valence-electron chi connectivity index (χ4n) is 1.87. The van der Waals surface area contributed by atoms with Crippen LogP contribution in [0.25, 0.3) is 0 Å². The van der Waals surface area contributed by atoms with E-state index in [4.69, 9.17) is 0 Å². The van der Waals surface area contributed by atoms with E-state index in [0.717, 1.165) is 19.0 Å². The summed E-state index contributed by atoms with van der Waals surface area (Å²) in [4.78, 5) is 0. The predicted molar refractivity (Wildman–Crippen MR) is 54.6 cm³/mol. The smallest absolute Gasteiger partial charge is 0.255 e. The van der Waals surface area contributed by atoms with Crippen molar-refractivity contribution in [1.29, 1.82) is 0 Å². The van der Waals surface area contributed by atoms with Gasteiger partial charge in [0.05, 0.1) is 0 Å². The molecule has 0 aromatic rings. The molecule has 0 radical (unpaired) electrons. The molecule has 1 rings (SSSR count). The number of nitrogens with one attached hydrogen (secondary N) is 1. The summed E-state index contributed by atoms with van der Waals surface area (Å²) < 4.78 is 10.3. The van der Waals surface area contributed by atoms with Gasteiger partial charge in [-0.05, 0) is 18.8 Å². The Balaban J connectivity index is 2.11. The third kappa shape index (κ3) is 4.17. The Bertz CT molecular complexity index is 147. The largest absolute Gasteiger partial charge is 0.261 e. The van der Waals surface area contributed by atoms with Crippen molar-refractivity contribution in [2.45, 2.75) is 39.0 Å². The van der Waals surface area contributed by atoms with Crippen LogP contribution < -0.4 is 5.20 Å². The summed E-state index contributed by atoms with van der Waals surface area (Å²) in [5, 5.41) is 4.86. The standard InChI is InChI=1S/C9H19N2OP/c1-2-3-4-9-5-7-11(8-6-9)10-13-12/h9H,2-8H2,1H3,(H,10,12). The summed E-state index contributed by atoms with van der Waals surface area (Å²) in [6, 6.07) is 0. The first-order valence-corrected chi connectivity index (χ1v) is 6.01. The summed E-state index contributed by atoms with van der Waals surface area (Å²) in [6.07, 6.45) is 6.54. The maximum absolute atomic E-state index is 10.3. The van der Waals surface area contributed by atoms with Gasteiger partial charge in [0.1, 0.15) is 0 Å². The number of hydrazine groups is 1. The van der Waals surface area contributed by atoms with Gasteiger partial charge in [0.2, 0.25) is 0 Å². The quantitative estimate of drug-likeness (QED) is 0.695. The molecule has 13 heavy (non-hydrogen) atoms. The second-order valence-corrected chi connectivity index (χ2v) is 4.15. The van der Waals surface area contributed by atoms with E-state index in [-0.39, 0.29) is 8.61 Å². The first-order valence-electron chi connectivity index (χ1n) is 5.19. The second-order valence-electron chi connectivity index (χ2n) is 3.76. The first kappa shape index (κ1) is 11.1. The van der Waals surface area contributed by atoms with Crippen molar-refractivity contribution in [1.82, 2.24) is 10.2 Å². The van der Waals surface area contributed by atoms with Crippen molar-refractivity contribution in [2.24, 2.45) is 5.92 Å². The topological polar surface area (TPSA) is 32.3 Å². The van der Waals surface area contributed by atoms with Gasteiger partial charge in [-0.25, -0.2) is 5.01 Å². The predicted octanol–water partition coefficient (Wildman–Crippen LogP) is 2.60. The second kappa shape index (κ2) is 6.47. The van der Waals surface area contributed by atoms with E-state index in [1.165, 1.54) is 32.1 Å². The van der Waals surface area contributed by atoms with E-state index < -0.39 is 0 Å². The van der Waals surface area contributed by atoms with Gasteiger partial charge in [-0.1, -0.05) is 26.2 Å². The third-order valence-electron chi connectivity index (χ3n) is 2.76. The highest BCUT2D eigenvalue weighted by molar-refractivity contribution is 7.20. The molecule has 4 heteroatoms. The SMILES string of the molecule is CCCCC1CCN(NP=O)CC1. The van der Waals surface area contributed by atoms with Crippen LogP contribution in [0, 0.1) is 5.92 Å². The van der Waals surface area contributed by atoms with Crippen LogP contribution in [0.1, 0.15) is 39.0 Å². The molecule has 1 aliphatic rings. The Labute approximate surface area is 82.1 Å². The van der Waals surface area contributed by atoms with Crippen molar-refractivity contribution in [3.05, 3.63) is 0 Å². The van der Waals surface area contributed by atoms with E-state index in [0.29, 0.717) is 0 Å². The van der Waals surface area contributed by atoms with E-state index in [9.17, 15) is 4.57 Å². The summed E-state index contributed by atoms with van der Waals surface area (Å²) in [6.45, 7) is 4.33. The minimum Gasteiger partial charge on any atom is -0.255 e. The van der Waals surface area contributed by atoms with Crippen LogP contribution in [0.5, 0.6) is 0 Å². The number of hydrogen-bond donors (Lipinski definition) is 1. The van der Waals surface area contributed by atoms with Crippen molar-refractivity contribution >= 4 is 8.61 Å². The molecule has 0 bridgehead atoms. The lowest BCUT2D eigenvalue weighted by molar-refractivity contribution is 0.157. The number of hydrogen-bond acceptors (Lipinski definition) is 2. The van der Waals surface area contributed by atoms with E-state index in [2.05, 4.69) is 17.1 Å². The molecule has 0 aliphatic carbocycles. The first-order chi connectivity index (χ1) is 6.36. The lowest BCUT2D eigenvalue weighted by atomic mass is 9.92. The lowest BCUT2D eigenvalue weighted by Gasteiger charge is -2.30. The van der Waals surface area contributed by atoms with Gasteiger partial charge in [0, 0.05) is 13.1 Å². The van der Waals surface area contributed by atoms with E-state index in [1.807, 2.05) is 0 Å². The molecule has 0 aromatic carbocycles. The minimum absolute atomic E-state index is 0.0304. The highest BCUT2D eigenvalue weighted by atomic mass is 31.1. The molecular weight excluding hydrogens is 183 g/mol. The maximum atomic E-state index is 10.3. The molecule has 0 unspecified atom stereocenters. The van der Waals surface area contributed by atoms with E-state index in [1.54, 1.807) is 0 Å². The van der Waals surface area contributed by atoms with Gasteiger partial charge >= 0.3 is 0 Å². The Morgan fingerprint density at radius 2 is 2.15 bits per heavy atom. The zero-order valence-corrected chi connectivity index (χ0v) is 9.22. The number of rotatable bonds is 5. The van der Waals surface area contributed by atoms with Crippen LogP contribution in [0.4, 0.5) is 0 Å². The number of piperidine rings is 1. The zero-order chi connectivity index (χ0) is 9.52. The fourth-order valence-corrected chi connectivity index (χ4v) is 2.19. The Morgan fingerprint density at radius 1 is 1.46 bits per heavy atom. The summed E-state index contributed by atoms with van der Waals surface area (Å²) in [7, 11) is 0.0304. The number of nitrogens with zero attached hydrogens (tertiary/aromatic N) is 1. The van der Waals surface area contributed by atoms with Crippen molar-refractivity contribution in [3.8, 4) is 0 Å². The molecule has 3 nitrogen and oxygen atoms in total. The molecule has 1 aliphatic heterocycles. The Kier molecular flexibility index (Phi) is 5.52. The van der Waals surface area contributed by atoms with Crippen LogP contribution >= 0.6 is 8.61 Å². The molecule has 0 aromatic heterocycles.